The van der Waals surface area contributed by atoms with Crippen LogP contribution in [-0.4, -0.2) is 78.9 Å². The maximum Gasteiger partial charge on any atom is 0.151 e. The molecule has 1 aromatic heterocycles. The predicted octanol–water partition coefficient (Wildman–Crippen LogP) is 3.32. The Labute approximate surface area is 201 Å². The molecule has 0 saturated carbocycles. The van der Waals surface area contributed by atoms with Crippen LogP contribution >= 0.6 is 0 Å². The van der Waals surface area contributed by atoms with E-state index in [9.17, 15) is 0 Å². The Hall–Kier alpha value is -2.87. The zero-order chi connectivity index (χ0) is 23.1. The van der Waals surface area contributed by atoms with Gasteiger partial charge in [0.25, 0.3) is 0 Å². The van der Waals surface area contributed by atoms with Gasteiger partial charge in [0.15, 0.2) is 5.82 Å². The lowest BCUT2D eigenvalue weighted by Crippen LogP contribution is -2.44. The summed E-state index contributed by atoms with van der Waals surface area (Å²) in [6.45, 7) is 11.5. The van der Waals surface area contributed by atoms with Crippen LogP contribution in [-0.2, 0) is 17.9 Å². The van der Waals surface area contributed by atoms with Gasteiger partial charge in [-0.3, -0.25) is 9.47 Å². The average molecular weight is 460 g/mol. The van der Waals surface area contributed by atoms with Crippen molar-refractivity contribution in [1.29, 1.82) is 0 Å². The molecule has 0 radical (unpaired) electrons. The number of aromatic nitrogens is 2. The van der Waals surface area contributed by atoms with Crippen molar-refractivity contribution in [3.63, 3.8) is 0 Å². The number of fused-ring (bicyclic) bond motifs is 3. The van der Waals surface area contributed by atoms with Gasteiger partial charge in [0.2, 0.25) is 0 Å². The highest BCUT2D eigenvalue weighted by Gasteiger charge is 2.22. The minimum absolute atomic E-state index is 0.501. The lowest BCUT2D eigenvalue weighted by Gasteiger charge is -2.35. The SMILES string of the molecule is Cc1cc(-c2ccc3c(c2)OCc2nc(CN4CCOCC4)cn2-3)ccc1N1CCN(C)CC1. The van der Waals surface area contributed by atoms with E-state index in [1.807, 2.05) is 0 Å². The van der Waals surface area contributed by atoms with E-state index in [4.69, 9.17) is 14.5 Å². The molecule has 3 aromatic rings. The maximum absolute atomic E-state index is 6.14. The first-order valence-electron chi connectivity index (χ1n) is 12.3. The minimum Gasteiger partial charge on any atom is -0.483 e. The van der Waals surface area contributed by atoms with Crippen molar-refractivity contribution in [3.05, 3.63) is 59.7 Å². The molecule has 0 bridgehead atoms. The Morgan fingerprint density at radius 2 is 1.62 bits per heavy atom. The van der Waals surface area contributed by atoms with Gasteiger partial charge in [0, 0.05) is 57.7 Å². The van der Waals surface area contributed by atoms with Crippen LogP contribution in [0.5, 0.6) is 5.75 Å². The number of piperazine rings is 1. The molecule has 0 amide bonds. The van der Waals surface area contributed by atoms with Gasteiger partial charge in [-0.25, -0.2) is 4.98 Å². The van der Waals surface area contributed by atoms with Crippen molar-refractivity contribution < 1.29 is 9.47 Å². The number of anilines is 1. The molecule has 6 rings (SSSR count). The van der Waals surface area contributed by atoms with Gasteiger partial charge in [-0.15, -0.1) is 0 Å². The van der Waals surface area contributed by atoms with Gasteiger partial charge in [0.05, 0.1) is 24.6 Å². The molecule has 3 aliphatic heterocycles. The second kappa shape index (κ2) is 9.06. The molecule has 178 valence electrons. The number of aryl methyl sites for hydroxylation is 1. The molecule has 3 aliphatic rings. The summed E-state index contributed by atoms with van der Waals surface area (Å²) in [5.41, 5.74) is 7.24. The van der Waals surface area contributed by atoms with Crippen LogP contribution in [0.3, 0.4) is 0 Å². The molecule has 7 heteroatoms. The zero-order valence-corrected chi connectivity index (χ0v) is 20.2. The van der Waals surface area contributed by atoms with E-state index >= 15 is 0 Å². The van der Waals surface area contributed by atoms with Crippen LogP contribution in [0.1, 0.15) is 17.1 Å². The van der Waals surface area contributed by atoms with Gasteiger partial charge in [-0.1, -0.05) is 12.1 Å². The smallest absolute Gasteiger partial charge is 0.151 e. The number of benzene rings is 2. The van der Waals surface area contributed by atoms with Crippen molar-refractivity contribution in [2.24, 2.45) is 0 Å². The molecule has 4 heterocycles. The second-order valence-electron chi connectivity index (χ2n) is 9.67. The van der Waals surface area contributed by atoms with E-state index < -0.39 is 0 Å². The van der Waals surface area contributed by atoms with Crippen LogP contribution in [0.4, 0.5) is 5.69 Å². The molecule has 2 saturated heterocycles. The largest absolute Gasteiger partial charge is 0.483 e. The van der Waals surface area contributed by atoms with Crippen molar-refractivity contribution in [2.45, 2.75) is 20.1 Å². The number of rotatable bonds is 4. The third kappa shape index (κ3) is 4.19. The first kappa shape index (κ1) is 21.6. The van der Waals surface area contributed by atoms with Gasteiger partial charge < -0.3 is 19.3 Å². The summed E-state index contributed by atoms with van der Waals surface area (Å²) in [6, 6.07) is 13.4. The van der Waals surface area contributed by atoms with E-state index in [1.165, 1.54) is 22.4 Å². The fraction of sp³-hybridized carbons (Fsp3) is 0.444. The molecule has 7 nitrogen and oxygen atoms in total. The number of morpholine rings is 1. The Kier molecular flexibility index (Phi) is 5.77. The zero-order valence-electron chi connectivity index (χ0n) is 20.2. The van der Waals surface area contributed by atoms with Crippen LogP contribution in [0, 0.1) is 6.92 Å². The van der Waals surface area contributed by atoms with Crippen LogP contribution < -0.4 is 9.64 Å². The summed E-state index contributed by atoms with van der Waals surface area (Å²) in [4.78, 5) is 12.1. The summed E-state index contributed by atoms with van der Waals surface area (Å²) in [6.07, 6.45) is 2.17. The molecular weight excluding hydrogens is 426 g/mol. The number of imidazole rings is 1. The summed E-state index contributed by atoms with van der Waals surface area (Å²) >= 11 is 0. The van der Waals surface area contributed by atoms with E-state index in [1.54, 1.807) is 0 Å². The van der Waals surface area contributed by atoms with E-state index in [0.717, 1.165) is 82.0 Å². The first-order chi connectivity index (χ1) is 16.6. The second-order valence-corrected chi connectivity index (χ2v) is 9.67. The molecule has 0 spiro atoms. The topological polar surface area (TPSA) is 46.0 Å². The monoisotopic (exact) mass is 459 g/mol. The fourth-order valence-electron chi connectivity index (χ4n) is 5.23. The Balaban J connectivity index is 1.23. The lowest BCUT2D eigenvalue weighted by atomic mass is 10.0. The highest BCUT2D eigenvalue weighted by Crippen LogP contribution is 2.35. The number of likely N-dealkylation sites (N-methyl/N-ethyl adjacent to an activating group) is 1. The fourth-order valence-corrected chi connectivity index (χ4v) is 5.23. The standard InChI is InChI=1S/C27H33N5O2/c1-20-15-21(3-5-24(20)31-9-7-29(2)8-10-31)22-4-6-25-26(16-22)34-19-27-28-23(18-32(25)27)17-30-11-13-33-14-12-30/h3-6,15-16,18H,7-14,17,19H2,1-2H3. The number of hydrogen-bond donors (Lipinski definition) is 0. The van der Waals surface area contributed by atoms with Crippen LogP contribution in [0.25, 0.3) is 16.8 Å². The molecular formula is C27H33N5O2. The van der Waals surface area contributed by atoms with E-state index in [2.05, 4.69) is 75.8 Å². The Morgan fingerprint density at radius 1 is 0.882 bits per heavy atom. The quantitative estimate of drug-likeness (QED) is 0.597. The summed E-state index contributed by atoms with van der Waals surface area (Å²) < 4.78 is 13.8. The van der Waals surface area contributed by atoms with Crippen LogP contribution in [0.2, 0.25) is 0 Å². The van der Waals surface area contributed by atoms with Gasteiger partial charge in [-0.2, -0.15) is 0 Å². The highest BCUT2D eigenvalue weighted by molar-refractivity contribution is 5.72. The molecule has 0 aliphatic carbocycles. The Bertz CT molecular complexity index is 1180. The average Bonchev–Trinajstić information content (AvgIpc) is 3.28. The normalized spacial score (nSPS) is 18.9. The van der Waals surface area contributed by atoms with Crippen molar-refractivity contribution in [3.8, 4) is 22.6 Å². The van der Waals surface area contributed by atoms with Crippen molar-refractivity contribution >= 4 is 5.69 Å². The van der Waals surface area contributed by atoms with Crippen molar-refractivity contribution in [1.82, 2.24) is 19.4 Å². The van der Waals surface area contributed by atoms with E-state index in [0.29, 0.717) is 6.61 Å². The molecule has 0 N–H and O–H groups in total. The number of ether oxygens (including phenoxy) is 2. The van der Waals surface area contributed by atoms with Gasteiger partial charge in [-0.05, 0) is 54.9 Å². The maximum atomic E-state index is 6.14. The van der Waals surface area contributed by atoms with E-state index in [-0.39, 0.29) is 0 Å². The molecule has 2 aromatic carbocycles. The predicted molar refractivity (Wildman–Crippen MR) is 134 cm³/mol. The van der Waals surface area contributed by atoms with Crippen LogP contribution in [0.15, 0.2) is 42.6 Å². The third-order valence-corrected chi connectivity index (χ3v) is 7.27. The summed E-state index contributed by atoms with van der Waals surface area (Å²) in [5, 5.41) is 0. The van der Waals surface area contributed by atoms with Gasteiger partial charge in [0.1, 0.15) is 12.4 Å². The molecule has 2 fully saturated rings. The summed E-state index contributed by atoms with van der Waals surface area (Å²) in [7, 11) is 2.20. The number of nitrogens with zero attached hydrogens (tertiary/aromatic N) is 5. The highest BCUT2D eigenvalue weighted by atomic mass is 16.5. The molecule has 34 heavy (non-hydrogen) atoms. The lowest BCUT2D eigenvalue weighted by molar-refractivity contribution is 0.0337. The molecule has 0 atom stereocenters. The minimum atomic E-state index is 0.501. The Morgan fingerprint density at radius 3 is 2.38 bits per heavy atom. The number of hydrogen-bond acceptors (Lipinski definition) is 6. The molecule has 0 unspecified atom stereocenters. The van der Waals surface area contributed by atoms with Gasteiger partial charge >= 0.3 is 0 Å². The summed E-state index contributed by atoms with van der Waals surface area (Å²) in [5.74, 6) is 1.89. The third-order valence-electron chi connectivity index (χ3n) is 7.27. The first-order valence-corrected chi connectivity index (χ1v) is 12.3. The van der Waals surface area contributed by atoms with Crippen molar-refractivity contribution in [2.75, 3.05) is 64.4 Å².